The molecule has 5 atom stereocenters. The fourth-order valence-corrected chi connectivity index (χ4v) is 6.22. The Kier molecular flexibility index (Phi) is 4.23. The molecule has 128 valence electrons. The Morgan fingerprint density at radius 3 is 2.74 bits per heavy atom. The van der Waals surface area contributed by atoms with Gasteiger partial charge in [0, 0.05) is 10.8 Å². The van der Waals surface area contributed by atoms with E-state index < -0.39 is 0 Å². The molecule has 0 aromatic heterocycles. The lowest BCUT2D eigenvalue weighted by molar-refractivity contribution is -0.141. The van der Waals surface area contributed by atoms with Gasteiger partial charge in [-0.3, -0.25) is 4.79 Å². The second-order valence-corrected chi connectivity index (χ2v) is 9.03. The first kappa shape index (κ1) is 16.8. The Bertz CT molecular complexity index is 522. The number of carbonyl (C=O) groups excluding carboxylic acids is 1. The van der Waals surface area contributed by atoms with Crippen LogP contribution in [-0.2, 0) is 9.53 Å². The molecule has 0 N–H and O–H groups in total. The highest BCUT2D eigenvalue weighted by Crippen LogP contribution is 2.63. The van der Waals surface area contributed by atoms with Crippen molar-refractivity contribution in [2.75, 3.05) is 6.61 Å². The number of fused-ring (bicyclic) bond motifs is 3. The molecule has 2 fully saturated rings. The number of rotatable bonds is 4. The summed E-state index contributed by atoms with van der Waals surface area (Å²) in [5.74, 6) is 1.38. The van der Waals surface area contributed by atoms with Crippen LogP contribution in [0.15, 0.2) is 24.3 Å². The molecule has 0 unspecified atom stereocenters. The molecule has 0 heterocycles. The lowest BCUT2D eigenvalue weighted by Crippen LogP contribution is -2.53. The van der Waals surface area contributed by atoms with Crippen LogP contribution in [0.4, 0.5) is 0 Å². The lowest BCUT2D eigenvalue weighted by atomic mass is 9.45. The standard InChI is InChI=1S/C21H32O2/c1-5-19(2)12-9-17-16(13-19)7-8-18-20(3,14-23-15-22)10-6-11-21(17,18)4/h5,13,15,17-18H,1,6-12,14H2,2-4H3/t17-,18-,19-,20-,21+/m0/s1. The first-order chi connectivity index (χ1) is 10.9. The molecular weight excluding hydrogens is 284 g/mol. The molecule has 0 aromatic rings. The number of allylic oxidation sites excluding steroid dienone is 3. The van der Waals surface area contributed by atoms with Crippen molar-refractivity contribution in [1.82, 2.24) is 0 Å². The molecule has 0 aliphatic heterocycles. The average molecular weight is 316 g/mol. The van der Waals surface area contributed by atoms with Crippen molar-refractivity contribution in [2.24, 2.45) is 28.1 Å². The van der Waals surface area contributed by atoms with Gasteiger partial charge in [0.15, 0.2) is 0 Å². The summed E-state index contributed by atoms with van der Waals surface area (Å²) in [7, 11) is 0. The van der Waals surface area contributed by atoms with Crippen LogP contribution in [0.3, 0.4) is 0 Å². The van der Waals surface area contributed by atoms with Gasteiger partial charge in [0.1, 0.15) is 0 Å². The summed E-state index contributed by atoms with van der Waals surface area (Å²) < 4.78 is 5.25. The van der Waals surface area contributed by atoms with Gasteiger partial charge in [-0.15, -0.1) is 6.58 Å². The first-order valence-corrected chi connectivity index (χ1v) is 9.27. The topological polar surface area (TPSA) is 26.3 Å². The Hall–Kier alpha value is -1.05. The highest BCUT2D eigenvalue weighted by atomic mass is 16.5. The van der Waals surface area contributed by atoms with E-state index in [1.54, 1.807) is 5.57 Å². The summed E-state index contributed by atoms with van der Waals surface area (Å²) in [6.45, 7) is 12.5. The third-order valence-corrected chi connectivity index (χ3v) is 7.50. The molecular formula is C21H32O2. The van der Waals surface area contributed by atoms with E-state index >= 15 is 0 Å². The van der Waals surface area contributed by atoms with Crippen molar-refractivity contribution < 1.29 is 9.53 Å². The highest BCUT2D eigenvalue weighted by Gasteiger charge is 2.55. The van der Waals surface area contributed by atoms with Crippen LogP contribution in [0, 0.1) is 28.1 Å². The third-order valence-electron chi connectivity index (χ3n) is 7.50. The molecule has 0 spiro atoms. The van der Waals surface area contributed by atoms with Crippen molar-refractivity contribution >= 4 is 6.47 Å². The Morgan fingerprint density at radius 1 is 1.26 bits per heavy atom. The van der Waals surface area contributed by atoms with E-state index in [4.69, 9.17) is 4.74 Å². The minimum Gasteiger partial charge on any atom is -0.467 e. The number of carbonyl (C=O) groups is 1. The molecule has 0 aromatic carbocycles. The maximum Gasteiger partial charge on any atom is 0.293 e. The molecule has 2 nitrogen and oxygen atoms in total. The van der Waals surface area contributed by atoms with E-state index in [1.165, 1.54) is 44.9 Å². The fourth-order valence-electron chi connectivity index (χ4n) is 6.22. The van der Waals surface area contributed by atoms with Gasteiger partial charge in [-0.2, -0.15) is 0 Å². The van der Waals surface area contributed by atoms with Crippen LogP contribution in [0.1, 0.15) is 65.7 Å². The SMILES string of the molecule is C=C[C@]1(C)C=C2CC[C@H]3[C@](C)(COC=O)CCC[C@]3(C)[C@H]2CC1. The molecule has 0 saturated heterocycles. The van der Waals surface area contributed by atoms with E-state index in [0.29, 0.717) is 30.3 Å². The predicted molar refractivity (Wildman–Crippen MR) is 93.9 cm³/mol. The predicted octanol–water partition coefficient (Wildman–Crippen LogP) is 5.29. The summed E-state index contributed by atoms with van der Waals surface area (Å²) in [6.07, 6.45) is 13.4. The minimum absolute atomic E-state index is 0.151. The Balaban J connectivity index is 1.91. The van der Waals surface area contributed by atoms with Crippen molar-refractivity contribution in [3.05, 3.63) is 24.3 Å². The fraction of sp³-hybridized carbons (Fsp3) is 0.762. The van der Waals surface area contributed by atoms with Gasteiger partial charge in [0.25, 0.3) is 6.47 Å². The van der Waals surface area contributed by atoms with Gasteiger partial charge in [-0.1, -0.05) is 44.9 Å². The van der Waals surface area contributed by atoms with Crippen molar-refractivity contribution in [2.45, 2.75) is 65.7 Å². The largest absolute Gasteiger partial charge is 0.467 e. The van der Waals surface area contributed by atoms with Crippen LogP contribution < -0.4 is 0 Å². The van der Waals surface area contributed by atoms with E-state index in [0.717, 1.165) is 0 Å². The zero-order valence-corrected chi connectivity index (χ0v) is 15.1. The molecule has 0 radical (unpaired) electrons. The van der Waals surface area contributed by atoms with Gasteiger partial charge in [-0.05, 0) is 55.8 Å². The summed E-state index contributed by atoms with van der Waals surface area (Å²) >= 11 is 0. The quantitative estimate of drug-likeness (QED) is 0.520. The summed E-state index contributed by atoms with van der Waals surface area (Å²) in [6, 6.07) is 0. The zero-order chi connectivity index (χ0) is 16.7. The minimum atomic E-state index is 0.151. The van der Waals surface area contributed by atoms with Crippen molar-refractivity contribution in [3.63, 3.8) is 0 Å². The van der Waals surface area contributed by atoms with Crippen LogP contribution in [0.25, 0.3) is 0 Å². The van der Waals surface area contributed by atoms with Gasteiger partial charge in [0.2, 0.25) is 0 Å². The molecule has 3 aliphatic carbocycles. The van der Waals surface area contributed by atoms with Crippen LogP contribution in [-0.4, -0.2) is 13.1 Å². The van der Waals surface area contributed by atoms with Crippen LogP contribution in [0.5, 0.6) is 0 Å². The van der Waals surface area contributed by atoms with Crippen molar-refractivity contribution in [3.8, 4) is 0 Å². The molecule has 0 amide bonds. The second kappa shape index (κ2) is 5.79. The van der Waals surface area contributed by atoms with Crippen LogP contribution in [0.2, 0.25) is 0 Å². The van der Waals surface area contributed by atoms with Gasteiger partial charge in [0.05, 0.1) is 6.61 Å². The Labute approximate surface area is 141 Å². The maximum atomic E-state index is 10.7. The summed E-state index contributed by atoms with van der Waals surface area (Å²) in [5, 5.41) is 0. The van der Waals surface area contributed by atoms with Gasteiger partial charge >= 0.3 is 0 Å². The third kappa shape index (κ3) is 2.68. The molecule has 0 bridgehead atoms. The normalized spacial score (nSPS) is 46.1. The second-order valence-electron chi connectivity index (χ2n) is 9.03. The number of hydrogen-bond acceptors (Lipinski definition) is 2. The smallest absolute Gasteiger partial charge is 0.293 e. The average Bonchev–Trinajstić information content (AvgIpc) is 2.52. The molecule has 3 aliphatic rings. The first-order valence-electron chi connectivity index (χ1n) is 9.27. The van der Waals surface area contributed by atoms with Gasteiger partial charge in [-0.25, -0.2) is 0 Å². The van der Waals surface area contributed by atoms with Crippen LogP contribution >= 0.6 is 0 Å². The molecule has 2 heteroatoms. The van der Waals surface area contributed by atoms with E-state index in [2.05, 4.69) is 39.5 Å². The summed E-state index contributed by atoms with van der Waals surface area (Å²) in [4.78, 5) is 10.7. The van der Waals surface area contributed by atoms with Gasteiger partial charge < -0.3 is 4.74 Å². The zero-order valence-electron chi connectivity index (χ0n) is 15.1. The molecule has 2 saturated carbocycles. The summed E-state index contributed by atoms with van der Waals surface area (Å²) in [5.41, 5.74) is 2.39. The van der Waals surface area contributed by atoms with E-state index in [-0.39, 0.29) is 10.8 Å². The monoisotopic (exact) mass is 316 g/mol. The molecule has 23 heavy (non-hydrogen) atoms. The highest BCUT2D eigenvalue weighted by molar-refractivity contribution is 5.37. The number of hydrogen-bond donors (Lipinski definition) is 0. The Morgan fingerprint density at radius 2 is 2.04 bits per heavy atom. The number of ether oxygens (including phenoxy) is 1. The molecule has 3 rings (SSSR count). The van der Waals surface area contributed by atoms with E-state index in [1.807, 2.05) is 0 Å². The lowest BCUT2D eigenvalue weighted by Gasteiger charge is -2.60. The van der Waals surface area contributed by atoms with Crippen molar-refractivity contribution in [1.29, 1.82) is 0 Å². The maximum absolute atomic E-state index is 10.7. The van der Waals surface area contributed by atoms with E-state index in [9.17, 15) is 4.79 Å².